The Bertz CT molecular complexity index is 230. The molecule has 0 aliphatic carbocycles. The van der Waals surface area contributed by atoms with Gasteiger partial charge in [-0.1, -0.05) is 6.92 Å². The van der Waals surface area contributed by atoms with Gasteiger partial charge in [0, 0.05) is 6.61 Å². The number of aliphatic hydroxyl groups excluding tert-OH is 1. The normalized spacial score (nSPS) is 15.8. The molecule has 0 saturated heterocycles. The molecule has 0 saturated carbocycles. The fraction of sp³-hybridized carbons (Fsp3) is 1.00. The Balaban J connectivity index is 4.80. The summed E-state index contributed by atoms with van der Waals surface area (Å²) in [7, 11) is -5.28. The van der Waals surface area contributed by atoms with Crippen molar-refractivity contribution in [1.82, 2.24) is 0 Å². The number of hydrogen-bond acceptors (Lipinski definition) is 3. The summed E-state index contributed by atoms with van der Waals surface area (Å²) in [5.74, 6) is 0.472. The Hall–Kier alpha value is 0.531. The molecule has 0 bridgehead atoms. The summed E-state index contributed by atoms with van der Waals surface area (Å²) < 4.78 is 12.9. The van der Waals surface area contributed by atoms with Gasteiger partial charge < -0.3 is 13.3 Å². The van der Waals surface area contributed by atoms with Crippen molar-refractivity contribution in [3.63, 3.8) is 0 Å². The SMILES string of the molecule is CC(CCO)C[Si](C)(O[Si](C)(C)C)O[Si](C)(C)C. The van der Waals surface area contributed by atoms with E-state index in [4.69, 9.17) is 13.3 Å². The van der Waals surface area contributed by atoms with Crippen molar-refractivity contribution in [1.29, 1.82) is 0 Å². The maximum Gasteiger partial charge on any atom is 0.314 e. The molecule has 0 aromatic carbocycles. The number of rotatable bonds is 8. The summed E-state index contributed by atoms with van der Waals surface area (Å²) in [6.07, 6.45) is 0.840. The van der Waals surface area contributed by atoms with Crippen molar-refractivity contribution < 1.29 is 13.3 Å². The van der Waals surface area contributed by atoms with Gasteiger partial charge in [0.1, 0.15) is 0 Å². The summed E-state index contributed by atoms with van der Waals surface area (Å²) in [4.78, 5) is 0. The van der Waals surface area contributed by atoms with Gasteiger partial charge in [0.15, 0.2) is 16.6 Å². The van der Waals surface area contributed by atoms with E-state index in [0.29, 0.717) is 5.92 Å². The van der Waals surface area contributed by atoms with Crippen LogP contribution in [0.1, 0.15) is 13.3 Å². The third-order valence-corrected chi connectivity index (χ3v) is 12.2. The first kappa shape index (κ1) is 18.5. The molecule has 0 aliphatic rings. The second-order valence-corrected chi connectivity index (χ2v) is 20.1. The first-order valence-electron chi connectivity index (χ1n) is 6.88. The zero-order valence-electron chi connectivity index (χ0n) is 13.5. The van der Waals surface area contributed by atoms with Crippen LogP contribution in [-0.4, -0.2) is 36.9 Å². The largest absolute Gasteiger partial charge is 0.437 e. The third-order valence-electron chi connectivity index (χ3n) is 2.39. The summed E-state index contributed by atoms with van der Waals surface area (Å²) in [6, 6.07) is 0.988. The molecular formula is C12H32O3Si3. The molecule has 0 amide bonds. The molecule has 3 nitrogen and oxygen atoms in total. The van der Waals surface area contributed by atoms with E-state index in [1.54, 1.807) is 0 Å². The van der Waals surface area contributed by atoms with Gasteiger partial charge in [0.2, 0.25) is 0 Å². The van der Waals surface area contributed by atoms with E-state index in [1.165, 1.54) is 0 Å². The Morgan fingerprint density at radius 3 is 1.56 bits per heavy atom. The van der Waals surface area contributed by atoms with E-state index in [9.17, 15) is 0 Å². The highest BCUT2D eigenvalue weighted by molar-refractivity contribution is 6.87. The van der Waals surface area contributed by atoms with E-state index in [1.807, 2.05) is 0 Å². The molecule has 18 heavy (non-hydrogen) atoms. The highest BCUT2D eigenvalue weighted by Gasteiger charge is 2.41. The van der Waals surface area contributed by atoms with Gasteiger partial charge in [-0.15, -0.1) is 0 Å². The molecule has 0 aliphatic heterocycles. The Morgan fingerprint density at radius 2 is 1.28 bits per heavy atom. The van der Waals surface area contributed by atoms with Gasteiger partial charge in [-0.05, 0) is 64.2 Å². The van der Waals surface area contributed by atoms with Gasteiger partial charge >= 0.3 is 8.56 Å². The Morgan fingerprint density at radius 1 is 0.889 bits per heavy atom. The average Bonchev–Trinajstić information content (AvgIpc) is 1.93. The monoisotopic (exact) mass is 308 g/mol. The van der Waals surface area contributed by atoms with Crippen molar-refractivity contribution in [2.24, 2.45) is 5.92 Å². The van der Waals surface area contributed by atoms with Crippen LogP contribution in [0.2, 0.25) is 51.9 Å². The molecule has 1 unspecified atom stereocenters. The lowest BCUT2D eigenvalue weighted by molar-refractivity contribution is 0.262. The van der Waals surface area contributed by atoms with Crippen molar-refractivity contribution in [3.8, 4) is 0 Å². The van der Waals surface area contributed by atoms with E-state index in [-0.39, 0.29) is 6.61 Å². The summed E-state index contributed by atoms with van der Waals surface area (Å²) >= 11 is 0. The van der Waals surface area contributed by atoms with Crippen LogP contribution in [0.5, 0.6) is 0 Å². The van der Waals surface area contributed by atoms with Crippen LogP contribution in [-0.2, 0) is 8.23 Å². The van der Waals surface area contributed by atoms with Gasteiger partial charge in [0.05, 0.1) is 0 Å². The Kier molecular flexibility index (Phi) is 7.01. The highest BCUT2D eigenvalue weighted by Crippen LogP contribution is 2.28. The first-order valence-corrected chi connectivity index (χ1v) is 16.2. The average molecular weight is 309 g/mol. The van der Waals surface area contributed by atoms with Crippen LogP contribution >= 0.6 is 0 Å². The second kappa shape index (κ2) is 6.81. The Labute approximate surface area is 116 Å². The third kappa shape index (κ3) is 9.46. The quantitative estimate of drug-likeness (QED) is 0.694. The van der Waals surface area contributed by atoms with Crippen LogP contribution in [0.15, 0.2) is 0 Å². The summed E-state index contributed by atoms with van der Waals surface area (Å²) in [5, 5.41) is 9.05. The standard InChI is InChI=1S/C12H32O3Si3/c1-12(9-10-13)11-18(8,14-16(2,3)4)15-17(5,6)7/h12-13H,9-11H2,1-8H3. The van der Waals surface area contributed by atoms with Gasteiger partial charge in [0.25, 0.3) is 0 Å². The minimum atomic E-state index is -2.11. The topological polar surface area (TPSA) is 38.7 Å². The number of aliphatic hydroxyl groups is 1. The minimum absolute atomic E-state index is 0.255. The lowest BCUT2D eigenvalue weighted by atomic mass is 10.1. The van der Waals surface area contributed by atoms with Crippen molar-refractivity contribution in [2.75, 3.05) is 6.61 Å². The molecule has 0 spiro atoms. The van der Waals surface area contributed by atoms with Gasteiger partial charge in [-0.2, -0.15) is 0 Å². The smallest absolute Gasteiger partial charge is 0.314 e. The molecular weight excluding hydrogens is 276 g/mol. The predicted octanol–water partition coefficient (Wildman–Crippen LogP) is 3.78. The maximum atomic E-state index is 9.05. The molecule has 0 aromatic heterocycles. The molecule has 0 fully saturated rings. The lowest BCUT2D eigenvalue weighted by Gasteiger charge is -2.39. The van der Waals surface area contributed by atoms with E-state index >= 15 is 0 Å². The number of hydrogen-bond donors (Lipinski definition) is 1. The van der Waals surface area contributed by atoms with Crippen LogP contribution in [0.25, 0.3) is 0 Å². The fourth-order valence-electron chi connectivity index (χ4n) is 2.35. The van der Waals surface area contributed by atoms with Gasteiger partial charge in [-0.3, -0.25) is 0 Å². The summed E-state index contributed by atoms with van der Waals surface area (Å²) in [6.45, 7) is 18.0. The van der Waals surface area contributed by atoms with Gasteiger partial charge in [-0.25, -0.2) is 0 Å². The molecule has 6 heteroatoms. The van der Waals surface area contributed by atoms with E-state index in [2.05, 4.69) is 52.8 Å². The molecule has 1 atom stereocenters. The fourth-order valence-corrected chi connectivity index (χ4v) is 15.4. The van der Waals surface area contributed by atoms with Crippen molar-refractivity contribution >= 4 is 25.2 Å². The molecule has 0 radical (unpaired) electrons. The second-order valence-electron chi connectivity index (χ2n) is 7.38. The van der Waals surface area contributed by atoms with Crippen LogP contribution in [0.4, 0.5) is 0 Å². The molecule has 1 N–H and O–H groups in total. The predicted molar refractivity (Wildman–Crippen MR) is 86.2 cm³/mol. The van der Waals surface area contributed by atoms with E-state index < -0.39 is 25.2 Å². The van der Waals surface area contributed by atoms with Crippen LogP contribution in [0, 0.1) is 5.92 Å². The zero-order valence-corrected chi connectivity index (χ0v) is 16.5. The van der Waals surface area contributed by atoms with Crippen molar-refractivity contribution in [3.05, 3.63) is 0 Å². The minimum Gasteiger partial charge on any atom is -0.437 e. The first-order chi connectivity index (χ1) is 7.87. The lowest BCUT2D eigenvalue weighted by Crippen LogP contribution is -2.53. The zero-order chi connectivity index (χ0) is 14.6. The molecule has 110 valence electrons. The molecule has 0 aromatic rings. The summed E-state index contributed by atoms with van der Waals surface area (Å²) in [5.41, 5.74) is 0. The van der Waals surface area contributed by atoms with Crippen molar-refractivity contribution in [2.45, 2.75) is 65.2 Å². The van der Waals surface area contributed by atoms with E-state index in [0.717, 1.165) is 12.5 Å². The highest BCUT2D eigenvalue weighted by atomic mass is 28.5. The molecule has 0 heterocycles. The van der Waals surface area contributed by atoms with Crippen LogP contribution < -0.4 is 0 Å². The maximum absolute atomic E-state index is 9.05. The van der Waals surface area contributed by atoms with Crippen LogP contribution in [0.3, 0.4) is 0 Å². The molecule has 0 rings (SSSR count).